The summed E-state index contributed by atoms with van der Waals surface area (Å²) in [7, 11) is 0. The lowest BCUT2D eigenvalue weighted by Gasteiger charge is -2.28. The van der Waals surface area contributed by atoms with Crippen LogP contribution in [0.15, 0.2) is 18.3 Å². The predicted molar refractivity (Wildman–Crippen MR) is 63.4 cm³/mol. The fourth-order valence-electron chi connectivity index (χ4n) is 2.65. The molecule has 0 aromatic carbocycles. The first-order valence-electron chi connectivity index (χ1n) is 6.32. The molecule has 1 aliphatic carbocycles. The van der Waals surface area contributed by atoms with Crippen molar-refractivity contribution in [2.45, 2.75) is 37.9 Å². The Bertz CT molecular complexity index is 513. The second-order valence-electron chi connectivity index (χ2n) is 4.97. The summed E-state index contributed by atoms with van der Waals surface area (Å²) in [6.45, 7) is 0. The van der Waals surface area contributed by atoms with Gasteiger partial charge in [0.15, 0.2) is 0 Å². The van der Waals surface area contributed by atoms with Gasteiger partial charge in [0.05, 0.1) is 11.6 Å². The highest BCUT2D eigenvalue weighted by Crippen LogP contribution is 2.34. The van der Waals surface area contributed by atoms with Crippen LogP contribution in [-0.2, 0) is 4.79 Å². The first-order valence-corrected chi connectivity index (χ1v) is 6.32. The molecule has 4 nitrogen and oxygen atoms in total. The molecule has 0 radical (unpaired) electrons. The molecule has 1 aromatic rings. The van der Waals surface area contributed by atoms with Gasteiger partial charge in [-0.2, -0.15) is 13.2 Å². The number of hydrogen-bond donors (Lipinski definition) is 1. The fraction of sp³-hybridized carbons (Fsp3) is 0.538. The molecule has 0 spiro atoms. The number of nitrogens with zero attached hydrogens (tertiary/aromatic N) is 1. The smallest absolute Gasteiger partial charge is 0.456 e. The summed E-state index contributed by atoms with van der Waals surface area (Å²) in [5, 5.41) is 8.89. The van der Waals surface area contributed by atoms with Crippen LogP contribution in [0.1, 0.15) is 42.2 Å². The van der Waals surface area contributed by atoms with E-state index in [2.05, 4.69) is 0 Å². The van der Waals surface area contributed by atoms with Gasteiger partial charge < -0.3 is 9.67 Å². The minimum absolute atomic E-state index is 0.248. The van der Waals surface area contributed by atoms with E-state index in [4.69, 9.17) is 5.11 Å². The summed E-state index contributed by atoms with van der Waals surface area (Å²) in [5.41, 5.74) is -0.378. The van der Waals surface area contributed by atoms with Crippen molar-refractivity contribution in [2.75, 3.05) is 0 Å². The lowest BCUT2D eigenvalue weighted by Crippen LogP contribution is -2.29. The van der Waals surface area contributed by atoms with Crippen LogP contribution < -0.4 is 0 Å². The number of aromatic nitrogens is 1. The van der Waals surface area contributed by atoms with E-state index in [1.807, 2.05) is 0 Å². The summed E-state index contributed by atoms with van der Waals surface area (Å²) < 4.78 is 38.8. The number of carboxylic acid groups (broad SMARTS) is 1. The number of carbonyl (C=O) groups is 2. The van der Waals surface area contributed by atoms with Crippen LogP contribution in [0.25, 0.3) is 0 Å². The molecule has 20 heavy (non-hydrogen) atoms. The number of carbonyl (C=O) groups excluding carboxylic acids is 1. The molecule has 0 unspecified atom stereocenters. The van der Waals surface area contributed by atoms with Gasteiger partial charge in [-0.3, -0.25) is 9.59 Å². The second kappa shape index (κ2) is 5.30. The Morgan fingerprint density at radius 1 is 1.20 bits per heavy atom. The van der Waals surface area contributed by atoms with E-state index in [1.54, 1.807) is 0 Å². The molecule has 1 heterocycles. The summed E-state index contributed by atoms with van der Waals surface area (Å²) in [5.74, 6) is -3.17. The Morgan fingerprint density at radius 3 is 2.30 bits per heavy atom. The number of alkyl halides is 3. The highest BCUT2D eigenvalue weighted by atomic mass is 19.4. The van der Waals surface area contributed by atoms with Crippen molar-refractivity contribution in [3.8, 4) is 0 Å². The van der Waals surface area contributed by atoms with Crippen molar-refractivity contribution in [3.05, 3.63) is 24.0 Å². The number of hydrogen-bond acceptors (Lipinski definition) is 2. The highest BCUT2D eigenvalue weighted by Gasteiger charge is 2.41. The topological polar surface area (TPSA) is 59.3 Å². The van der Waals surface area contributed by atoms with Crippen molar-refractivity contribution >= 4 is 11.8 Å². The number of rotatable bonds is 3. The lowest BCUT2D eigenvalue weighted by molar-refractivity contribution is -0.143. The van der Waals surface area contributed by atoms with Gasteiger partial charge in [-0.25, -0.2) is 0 Å². The van der Waals surface area contributed by atoms with E-state index in [1.165, 1.54) is 16.8 Å². The minimum atomic E-state index is -4.89. The predicted octanol–water partition coefficient (Wildman–Crippen LogP) is 3.05. The molecular formula is C13H14F3NO3. The van der Waals surface area contributed by atoms with Gasteiger partial charge in [0, 0.05) is 12.2 Å². The number of Topliss-reactive ketones (excluding diaryl/α,β-unsaturated/α-hetero) is 1. The van der Waals surface area contributed by atoms with Gasteiger partial charge in [-0.1, -0.05) is 0 Å². The average molecular weight is 289 g/mol. The molecule has 1 aromatic heterocycles. The van der Waals surface area contributed by atoms with Gasteiger partial charge in [0.1, 0.15) is 0 Å². The van der Waals surface area contributed by atoms with Gasteiger partial charge in [-0.05, 0) is 37.8 Å². The Hall–Kier alpha value is -1.79. The van der Waals surface area contributed by atoms with Crippen molar-refractivity contribution < 1.29 is 27.9 Å². The molecule has 0 bridgehead atoms. The molecule has 1 aliphatic rings. The first kappa shape index (κ1) is 14.6. The normalized spacial score (nSPS) is 23.6. The number of ketones is 1. The zero-order chi connectivity index (χ0) is 14.9. The van der Waals surface area contributed by atoms with Crippen molar-refractivity contribution in [1.82, 2.24) is 4.57 Å². The number of halogens is 3. The van der Waals surface area contributed by atoms with Crippen LogP contribution >= 0.6 is 0 Å². The molecule has 110 valence electrons. The molecule has 7 heteroatoms. The van der Waals surface area contributed by atoms with E-state index in [9.17, 15) is 22.8 Å². The van der Waals surface area contributed by atoms with Crippen LogP contribution in [0.3, 0.4) is 0 Å². The Balaban J connectivity index is 2.14. The molecule has 0 amide bonds. The maximum absolute atomic E-state index is 12.5. The standard InChI is InChI=1S/C13H14F3NO3/c14-13(15,16)11(18)10-2-1-7-17(10)9-5-3-8(4-6-9)12(19)20/h1-2,7-9H,3-6H2,(H,19,20). The third-order valence-electron chi connectivity index (χ3n) is 3.71. The lowest BCUT2D eigenvalue weighted by atomic mass is 9.86. The Kier molecular flexibility index (Phi) is 3.87. The van der Waals surface area contributed by atoms with Gasteiger partial charge in [-0.15, -0.1) is 0 Å². The Morgan fingerprint density at radius 2 is 1.80 bits per heavy atom. The SMILES string of the molecule is O=C(O)C1CCC(n2cccc2C(=O)C(F)(F)F)CC1. The quantitative estimate of drug-likeness (QED) is 0.870. The van der Waals surface area contributed by atoms with E-state index in [0.29, 0.717) is 25.7 Å². The Labute approximate surface area is 113 Å². The zero-order valence-electron chi connectivity index (χ0n) is 10.6. The number of carboxylic acids is 1. The van der Waals surface area contributed by atoms with Gasteiger partial charge in [0.25, 0.3) is 5.78 Å². The molecule has 2 rings (SSSR count). The second-order valence-corrected chi connectivity index (χ2v) is 4.97. The largest absolute Gasteiger partial charge is 0.481 e. The average Bonchev–Trinajstić information content (AvgIpc) is 2.85. The van der Waals surface area contributed by atoms with Gasteiger partial charge >= 0.3 is 12.1 Å². The third kappa shape index (κ3) is 2.86. The van der Waals surface area contributed by atoms with Crippen molar-refractivity contribution in [1.29, 1.82) is 0 Å². The van der Waals surface area contributed by atoms with Crippen molar-refractivity contribution in [3.63, 3.8) is 0 Å². The van der Waals surface area contributed by atoms with Crippen molar-refractivity contribution in [2.24, 2.45) is 5.92 Å². The third-order valence-corrected chi connectivity index (χ3v) is 3.71. The number of aliphatic carboxylic acids is 1. The van der Waals surface area contributed by atoms with E-state index >= 15 is 0 Å². The first-order chi connectivity index (χ1) is 9.30. The van der Waals surface area contributed by atoms with Crippen LogP contribution in [-0.4, -0.2) is 27.6 Å². The maximum Gasteiger partial charge on any atom is 0.456 e. The van der Waals surface area contributed by atoms with Gasteiger partial charge in [0.2, 0.25) is 0 Å². The summed E-state index contributed by atoms with van der Waals surface area (Å²) in [6.07, 6.45) is -1.69. The summed E-state index contributed by atoms with van der Waals surface area (Å²) in [6, 6.07) is 2.31. The molecule has 0 saturated heterocycles. The molecule has 1 saturated carbocycles. The molecule has 0 atom stereocenters. The van der Waals surface area contributed by atoms with E-state index < -0.39 is 23.8 Å². The minimum Gasteiger partial charge on any atom is -0.481 e. The summed E-state index contributed by atoms with van der Waals surface area (Å²) in [4.78, 5) is 22.2. The maximum atomic E-state index is 12.5. The fourth-order valence-corrected chi connectivity index (χ4v) is 2.65. The molecule has 1 N–H and O–H groups in total. The van der Waals surface area contributed by atoms with Crippen LogP contribution in [0.4, 0.5) is 13.2 Å². The van der Waals surface area contributed by atoms with E-state index in [-0.39, 0.29) is 11.7 Å². The van der Waals surface area contributed by atoms with Crippen LogP contribution in [0.2, 0.25) is 0 Å². The zero-order valence-corrected chi connectivity index (χ0v) is 10.6. The molecule has 1 fully saturated rings. The van der Waals surface area contributed by atoms with Crippen LogP contribution in [0, 0.1) is 5.92 Å². The van der Waals surface area contributed by atoms with E-state index in [0.717, 1.165) is 6.07 Å². The molecule has 0 aliphatic heterocycles. The monoisotopic (exact) mass is 289 g/mol. The highest BCUT2D eigenvalue weighted by molar-refractivity contribution is 5.99. The molecular weight excluding hydrogens is 275 g/mol. The summed E-state index contributed by atoms with van der Waals surface area (Å²) >= 11 is 0. The van der Waals surface area contributed by atoms with Crippen LogP contribution in [0.5, 0.6) is 0 Å².